The van der Waals surface area contributed by atoms with Gasteiger partial charge >= 0.3 is 17.9 Å². The van der Waals surface area contributed by atoms with Crippen LogP contribution in [0.3, 0.4) is 0 Å². The Kier molecular flexibility index (Phi) is 8.76. The van der Waals surface area contributed by atoms with Crippen molar-refractivity contribution in [1.29, 1.82) is 0 Å². The molecule has 0 aromatic rings. The van der Waals surface area contributed by atoms with E-state index in [0.717, 1.165) is 7.11 Å². The van der Waals surface area contributed by atoms with E-state index in [1.54, 1.807) is 27.7 Å². The fourth-order valence-corrected chi connectivity index (χ4v) is 9.81. The zero-order valence-corrected chi connectivity index (χ0v) is 27.3. The standard InChI is InChI=1S/C32H44O16/c1-11(2)6-17(35)47-23-25-31-10-44-32(25,29(42)43-5)26(40)21(39)24(31)30(4)8-14(34)22(12(3)13(30)7-16(31)46-27(23)41)48-28-20(38)19(37)18(36)15(9-33)45-28/h11,13,15-16,18-21,23-26,28,33,36-40H,6-10H2,1-5H3/t13-,15+,16+,18+,19-,20+,21+,23+,24+,25+,26-,28-,30-,31+,32+/m0/s1. The third-order valence-electron chi connectivity index (χ3n) is 11.7. The fourth-order valence-electron chi connectivity index (χ4n) is 9.81. The largest absolute Gasteiger partial charge is 0.467 e. The van der Waals surface area contributed by atoms with E-state index in [9.17, 15) is 49.8 Å². The van der Waals surface area contributed by atoms with Crippen LogP contribution in [0, 0.1) is 34.5 Å². The fraction of sp³-hybridized carbons (Fsp3) is 0.812. The van der Waals surface area contributed by atoms with Gasteiger partial charge in [0, 0.05) is 24.2 Å². The van der Waals surface area contributed by atoms with Crippen LogP contribution in [-0.2, 0) is 47.6 Å². The normalized spacial score (nSPS) is 48.0. The summed E-state index contributed by atoms with van der Waals surface area (Å²) >= 11 is 0. The minimum absolute atomic E-state index is 0.0476. The summed E-state index contributed by atoms with van der Waals surface area (Å²) in [7, 11) is 1.07. The summed E-state index contributed by atoms with van der Waals surface area (Å²) < 4.78 is 34.2. The van der Waals surface area contributed by atoms with E-state index >= 15 is 0 Å². The zero-order chi connectivity index (χ0) is 35.2. The molecule has 5 fully saturated rings. The summed E-state index contributed by atoms with van der Waals surface area (Å²) in [6, 6.07) is 0. The van der Waals surface area contributed by atoms with E-state index < -0.39 is 120 Å². The van der Waals surface area contributed by atoms with Gasteiger partial charge in [-0.15, -0.1) is 0 Å². The Morgan fingerprint density at radius 3 is 2.33 bits per heavy atom. The maximum Gasteiger partial charge on any atom is 0.348 e. The summed E-state index contributed by atoms with van der Waals surface area (Å²) in [4.78, 5) is 54.2. The molecule has 6 rings (SSSR count). The van der Waals surface area contributed by atoms with E-state index in [-0.39, 0.29) is 37.5 Å². The molecule has 2 saturated carbocycles. The molecule has 0 aromatic carbocycles. The molecule has 0 unspecified atom stereocenters. The molecular formula is C32H44O16. The highest BCUT2D eigenvalue weighted by molar-refractivity contribution is 5.96. The first-order valence-corrected chi connectivity index (χ1v) is 16.2. The van der Waals surface area contributed by atoms with Gasteiger partial charge < -0.3 is 59.1 Å². The molecular weight excluding hydrogens is 640 g/mol. The van der Waals surface area contributed by atoms with Gasteiger partial charge in [-0.1, -0.05) is 20.8 Å². The second-order valence-corrected chi connectivity index (χ2v) is 14.7. The highest BCUT2D eigenvalue weighted by atomic mass is 16.7. The minimum Gasteiger partial charge on any atom is -0.467 e. The van der Waals surface area contributed by atoms with Crippen molar-refractivity contribution in [2.45, 2.75) is 108 Å². The Labute approximate surface area is 275 Å². The first-order chi connectivity index (χ1) is 22.5. The highest BCUT2D eigenvalue weighted by Gasteiger charge is 2.85. The van der Waals surface area contributed by atoms with Crippen LogP contribution in [0.1, 0.15) is 47.0 Å². The maximum atomic E-state index is 14.0. The van der Waals surface area contributed by atoms with Gasteiger partial charge in [0.1, 0.15) is 36.6 Å². The van der Waals surface area contributed by atoms with E-state index in [0.29, 0.717) is 5.57 Å². The number of Topliss-reactive ketones (excluding diaryl/α,β-unsaturated/α-hetero) is 1. The Balaban J connectivity index is 1.44. The number of aliphatic hydroxyl groups is 6. The molecule has 268 valence electrons. The predicted octanol–water partition coefficient (Wildman–Crippen LogP) is -2.14. The molecule has 3 saturated heterocycles. The lowest BCUT2D eigenvalue weighted by molar-refractivity contribution is -0.296. The highest BCUT2D eigenvalue weighted by Crippen LogP contribution is 2.73. The summed E-state index contributed by atoms with van der Waals surface area (Å²) in [5.74, 6) is -6.74. The average molecular weight is 685 g/mol. The number of hydrogen-bond acceptors (Lipinski definition) is 16. The number of fused-ring (bicyclic) bond motifs is 2. The number of allylic oxidation sites excluding steroid dienone is 2. The predicted molar refractivity (Wildman–Crippen MR) is 155 cm³/mol. The second-order valence-electron chi connectivity index (χ2n) is 14.7. The number of carbonyl (C=O) groups is 4. The molecule has 15 atom stereocenters. The van der Waals surface area contributed by atoms with Crippen LogP contribution in [0.25, 0.3) is 0 Å². The Morgan fingerprint density at radius 1 is 1.02 bits per heavy atom. The van der Waals surface area contributed by atoms with Crippen LogP contribution in [0.4, 0.5) is 0 Å². The van der Waals surface area contributed by atoms with E-state index in [1.165, 1.54) is 0 Å². The summed E-state index contributed by atoms with van der Waals surface area (Å²) in [5.41, 5.74) is -4.55. The number of ketones is 1. The lowest BCUT2D eigenvalue weighted by Gasteiger charge is -2.67. The molecule has 1 spiro atoms. The van der Waals surface area contributed by atoms with Crippen molar-refractivity contribution in [3.63, 3.8) is 0 Å². The number of carbonyl (C=O) groups excluding carboxylic acids is 4. The Hall–Kier alpha value is -2.70. The lowest BCUT2D eigenvalue weighted by atomic mass is 9.38. The molecule has 6 aliphatic rings. The van der Waals surface area contributed by atoms with Crippen molar-refractivity contribution in [3.8, 4) is 0 Å². The summed E-state index contributed by atoms with van der Waals surface area (Å²) in [6.07, 6.45) is -14.8. The molecule has 16 nitrogen and oxygen atoms in total. The number of ether oxygens (including phenoxy) is 6. The quantitative estimate of drug-likeness (QED) is 0.124. The molecule has 0 radical (unpaired) electrons. The average Bonchev–Trinajstić information content (AvgIpc) is 3.33. The summed E-state index contributed by atoms with van der Waals surface area (Å²) in [6.45, 7) is 5.88. The molecule has 3 aliphatic heterocycles. The number of esters is 3. The van der Waals surface area contributed by atoms with Crippen molar-refractivity contribution < 1.29 is 78.2 Å². The van der Waals surface area contributed by atoms with Crippen LogP contribution < -0.4 is 0 Å². The topological polar surface area (TPSA) is 245 Å². The SMILES string of the molecule is COC(=O)[C@]12OC[C@]34[C@H]([C@@H](O)[C@@H]1O)[C@@]1(C)CC(=O)C(O[C@@H]5O[C@H](CO)[C@@H](O)[C@H](O)[C@H]5O)=C(C)[C@@H]1C[C@H]3OC(=O)[C@H](OC(=O)CC(C)C)[C@@H]24. The van der Waals surface area contributed by atoms with Crippen LogP contribution in [0.5, 0.6) is 0 Å². The van der Waals surface area contributed by atoms with Gasteiger partial charge in [0.2, 0.25) is 18.0 Å². The first kappa shape index (κ1) is 35.1. The zero-order valence-electron chi connectivity index (χ0n) is 27.3. The molecule has 6 N–H and O–H groups in total. The lowest BCUT2D eigenvalue weighted by Crippen LogP contribution is -2.79. The van der Waals surface area contributed by atoms with Crippen molar-refractivity contribution in [2.24, 2.45) is 34.5 Å². The monoisotopic (exact) mass is 684 g/mol. The molecule has 0 aromatic heterocycles. The molecule has 3 aliphatic carbocycles. The number of methoxy groups -OCH3 is 1. The van der Waals surface area contributed by atoms with Gasteiger partial charge in [-0.2, -0.15) is 0 Å². The van der Waals surface area contributed by atoms with Gasteiger partial charge in [-0.05, 0) is 36.2 Å². The van der Waals surface area contributed by atoms with Gasteiger partial charge in [0.05, 0.1) is 32.3 Å². The molecule has 3 heterocycles. The second kappa shape index (κ2) is 12.0. The third kappa shape index (κ3) is 4.63. The smallest absolute Gasteiger partial charge is 0.348 e. The number of aliphatic hydroxyl groups excluding tert-OH is 6. The molecule has 48 heavy (non-hydrogen) atoms. The maximum absolute atomic E-state index is 14.0. The van der Waals surface area contributed by atoms with Crippen LogP contribution in [-0.4, -0.2) is 135 Å². The van der Waals surface area contributed by atoms with Crippen molar-refractivity contribution in [2.75, 3.05) is 20.3 Å². The minimum atomic E-state index is -2.30. The number of rotatable bonds is 7. The van der Waals surface area contributed by atoms with Crippen LogP contribution in [0.15, 0.2) is 11.3 Å². The van der Waals surface area contributed by atoms with Crippen LogP contribution >= 0.6 is 0 Å². The van der Waals surface area contributed by atoms with Crippen molar-refractivity contribution >= 4 is 23.7 Å². The Morgan fingerprint density at radius 2 is 1.71 bits per heavy atom. The first-order valence-electron chi connectivity index (χ1n) is 16.2. The third-order valence-corrected chi connectivity index (χ3v) is 11.7. The van der Waals surface area contributed by atoms with Crippen molar-refractivity contribution in [3.05, 3.63) is 11.3 Å². The Bertz CT molecular complexity index is 1390. The van der Waals surface area contributed by atoms with Crippen LogP contribution in [0.2, 0.25) is 0 Å². The molecule has 0 amide bonds. The van der Waals surface area contributed by atoms with Gasteiger partial charge in [0.15, 0.2) is 11.5 Å². The molecule has 2 bridgehead atoms. The molecule has 16 heteroatoms. The van der Waals surface area contributed by atoms with Crippen molar-refractivity contribution in [1.82, 2.24) is 0 Å². The van der Waals surface area contributed by atoms with E-state index in [4.69, 9.17) is 28.4 Å². The summed E-state index contributed by atoms with van der Waals surface area (Å²) in [5, 5.41) is 64.4. The van der Waals surface area contributed by atoms with E-state index in [1.807, 2.05) is 0 Å². The number of hydrogen-bond donors (Lipinski definition) is 6. The van der Waals surface area contributed by atoms with Gasteiger partial charge in [-0.25, -0.2) is 9.59 Å². The van der Waals surface area contributed by atoms with Gasteiger partial charge in [0.25, 0.3) is 0 Å². The van der Waals surface area contributed by atoms with E-state index in [2.05, 4.69) is 0 Å². The van der Waals surface area contributed by atoms with Gasteiger partial charge in [-0.3, -0.25) is 9.59 Å².